The smallest absolute Gasteiger partial charge is 0.225 e. The maximum absolute atomic E-state index is 12.7. The summed E-state index contributed by atoms with van der Waals surface area (Å²) in [6.45, 7) is 3.01. The van der Waals surface area contributed by atoms with Crippen molar-refractivity contribution in [2.24, 2.45) is 5.92 Å². The Labute approximate surface area is 148 Å². The number of fused-ring (bicyclic) bond motifs is 1. The van der Waals surface area contributed by atoms with Crippen molar-refractivity contribution in [1.29, 1.82) is 0 Å². The first-order chi connectivity index (χ1) is 12.3. The van der Waals surface area contributed by atoms with Crippen molar-refractivity contribution in [2.75, 3.05) is 26.8 Å². The molecule has 1 atom stereocenters. The summed E-state index contributed by atoms with van der Waals surface area (Å²) >= 11 is 0. The van der Waals surface area contributed by atoms with E-state index in [1.165, 1.54) is 12.8 Å². The second-order valence-corrected chi connectivity index (χ2v) is 7.21. The molecule has 2 fully saturated rings. The van der Waals surface area contributed by atoms with E-state index < -0.39 is 0 Å². The third kappa shape index (κ3) is 3.15. The Morgan fingerprint density at radius 2 is 2.16 bits per heavy atom. The van der Waals surface area contributed by atoms with E-state index in [2.05, 4.69) is 14.5 Å². The SMILES string of the molecule is COCCn1c(C2CCN(C(=O)C3CCCC3)C2)nc2cccnc21. The number of carbonyl (C=O) groups excluding carboxylic acids is 1. The highest BCUT2D eigenvalue weighted by atomic mass is 16.5. The van der Waals surface area contributed by atoms with Gasteiger partial charge in [-0.25, -0.2) is 9.97 Å². The number of imidazole rings is 1. The van der Waals surface area contributed by atoms with Crippen LogP contribution in [0.4, 0.5) is 0 Å². The predicted molar refractivity (Wildman–Crippen MR) is 95.3 cm³/mol. The Kier molecular flexibility index (Phi) is 4.70. The summed E-state index contributed by atoms with van der Waals surface area (Å²) in [7, 11) is 1.71. The van der Waals surface area contributed by atoms with Gasteiger partial charge in [-0.2, -0.15) is 0 Å². The lowest BCUT2D eigenvalue weighted by Gasteiger charge is -2.20. The number of likely N-dealkylation sites (tertiary alicyclic amines) is 1. The zero-order valence-corrected chi connectivity index (χ0v) is 14.9. The van der Waals surface area contributed by atoms with Crippen molar-refractivity contribution < 1.29 is 9.53 Å². The summed E-state index contributed by atoms with van der Waals surface area (Å²) in [5, 5.41) is 0. The highest BCUT2D eigenvalue weighted by molar-refractivity contribution is 5.79. The van der Waals surface area contributed by atoms with Crippen molar-refractivity contribution in [3.05, 3.63) is 24.2 Å². The molecule has 1 aliphatic carbocycles. The van der Waals surface area contributed by atoms with Crippen LogP contribution in [-0.2, 0) is 16.1 Å². The molecule has 3 heterocycles. The number of hydrogen-bond donors (Lipinski definition) is 0. The largest absolute Gasteiger partial charge is 0.383 e. The lowest BCUT2D eigenvalue weighted by atomic mass is 10.1. The molecule has 0 spiro atoms. The Hall–Kier alpha value is -1.95. The van der Waals surface area contributed by atoms with Crippen LogP contribution in [0.3, 0.4) is 0 Å². The number of carbonyl (C=O) groups is 1. The monoisotopic (exact) mass is 342 g/mol. The molecule has 25 heavy (non-hydrogen) atoms. The van der Waals surface area contributed by atoms with Crippen LogP contribution in [0.1, 0.15) is 43.8 Å². The Balaban J connectivity index is 1.56. The summed E-state index contributed by atoms with van der Waals surface area (Å²) < 4.78 is 7.44. The molecule has 0 N–H and O–H groups in total. The molecule has 2 aromatic heterocycles. The highest BCUT2D eigenvalue weighted by Gasteiger charge is 2.34. The molecule has 1 amide bonds. The van der Waals surface area contributed by atoms with Gasteiger partial charge in [-0.3, -0.25) is 4.79 Å². The van der Waals surface area contributed by atoms with Gasteiger partial charge in [0.2, 0.25) is 5.91 Å². The van der Waals surface area contributed by atoms with Gasteiger partial charge in [-0.05, 0) is 31.4 Å². The van der Waals surface area contributed by atoms with E-state index in [4.69, 9.17) is 9.72 Å². The van der Waals surface area contributed by atoms with Crippen molar-refractivity contribution in [2.45, 2.75) is 44.6 Å². The van der Waals surface area contributed by atoms with E-state index in [0.29, 0.717) is 12.5 Å². The van der Waals surface area contributed by atoms with E-state index in [1.807, 2.05) is 18.3 Å². The van der Waals surface area contributed by atoms with E-state index in [-0.39, 0.29) is 11.8 Å². The van der Waals surface area contributed by atoms with Gasteiger partial charge in [-0.1, -0.05) is 12.8 Å². The number of pyridine rings is 1. The lowest BCUT2D eigenvalue weighted by Crippen LogP contribution is -2.33. The zero-order chi connectivity index (χ0) is 17.2. The first-order valence-electron chi connectivity index (χ1n) is 9.37. The van der Waals surface area contributed by atoms with Gasteiger partial charge in [0.15, 0.2) is 5.65 Å². The van der Waals surface area contributed by atoms with Crippen LogP contribution in [0.2, 0.25) is 0 Å². The molecule has 6 nitrogen and oxygen atoms in total. The van der Waals surface area contributed by atoms with E-state index in [0.717, 1.165) is 55.9 Å². The summed E-state index contributed by atoms with van der Waals surface area (Å²) in [4.78, 5) is 24.1. The fourth-order valence-electron chi connectivity index (χ4n) is 4.29. The first kappa shape index (κ1) is 16.5. The molecule has 2 aromatic rings. The van der Waals surface area contributed by atoms with Gasteiger partial charge < -0.3 is 14.2 Å². The number of nitrogens with zero attached hydrogens (tertiary/aromatic N) is 4. The van der Waals surface area contributed by atoms with Gasteiger partial charge in [0, 0.05) is 44.8 Å². The molecule has 1 saturated carbocycles. The van der Waals surface area contributed by atoms with Crippen molar-refractivity contribution in [3.8, 4) is 0 Å². The zero-order valence-electron chi connectivity index (χ0n) is 14.9. The standard InChI is InChI=1S/C19H26N4O2/c1-25-12-11-23-17(21-16-7-4-9-20-18(16)23)15-8-10-22(13-15)19(24)14-5-2-3-6-14/h4,7,9,14-15H,2-3,5-6,8,10-13H2,1H3. The average Bonchev–Trinajstić information content (AvgIpc) is 3.38. The Bertz CT molecular complexity index is 751. The number of methoxy groups -OCH3 is 1. The minimum absolute atomic E-state index is 0.257. The van der Waals surface area contributed by atoms with Crippen LogP contribution >= 0.6 is 0 Å². The summed E-state index contributed by atoms with van der Waals surface area (Å²) in [5.74, 6) is 1.95. The Morgan fingerprint density at radius 1 is 1.32 bits per heavy atom. The van der Waals surface area contributed by atoms with E-state index in [1.54, 1.807) is 7.11 Å². The van der Waals surface area contributed by atoms with Crippen LogP contribution in [0, 0.1) is 5.92 Å². The third-order valence-electron chi connectivity index (χ3n) is 5.62. The van der Waals surface area contributed by atoms with Crippen LogP contribution in [-0.4, -0.2) is 52.1 Å². The number of rotatable bonds is 5. The highest BCUT2D eigenvalue weighted by Crippen LogP contribution is 2.32. The molecule has 1 aliphatic heterocycles. The van der Waals surface area contributed by atoms with Crippen LogP contribution in [0.25, 0.3) is 11.2 Å². The molecule has 6 heteroatoms. The molecule has 0 aromatic carbocycles. The molecule has 2 aliphatic rings. The predicted octanol–water partition coefficient (Wildman–Crippen LogP) is 2.58. The quantitative estimate of drug-likeness (QED) is 0.838. The average molecular weight is 342 g/mol. The third-order valence-corrected chi connectivity index (χ3v) is 5.62. The summed E-state index contributed by atoms with van der Waals surface area (Å²) in [6.07, 6.45) is 7.32. The minimum atomic E-state index is 0.257. The van der Waals surface area contributed by atoms with Crippen LogP contribution < -0.4 is 0 Å². The fraction of sp³-hybridized carbons (Fsp3) is 0.632. The van der Waals surface area contributed by atoms with Gasteiger partial charge >= 0.3 is 0 Å². The lowest BCUT2D eigenvalue weighted by molar-refractivity contribution is -0.134. The molecule has 4 rings (SSSR count). The molecular formula is C19H26N4O2. The second-order valence-electron chi connectivity index (χ2n) is 7.21. The van der Waals surface area contributed by atoms with Crippen LogP contribution in [0.5, 0.6) is 0 Å². The minimum Gasteiger partial charge on any atom is -0.383 e. The number of aromatic nitrogens is 3. The van der Waals surface area contributed by atoms with E-state index in [9.17, 15) is 4.79 Å². The van der Waals surface area contributed by atoms with E-state index >= 15 is 0 Å². The van der Waals surface area contributed by atoms with Gasteiger partial charge in [-0.15, -0.1) is 0 Å². The van der Waals surface area contributed by atoms with Gasteiger partial charge in [0.25, 0.3) is 0 Å². The topological polar surface area (TPSA) is 60.2 Å². The molecule has 0 bridgehead atoms. The van der Waals surface area contributed by atoms with Crippen molar-refractivity contribution >= 4 is 17.1 Å². The van der Waals surface area contributed by atoms with Crippen LogP contribution in [0.15, 0.2) is 18.3 Å². The second kappa shape index (κ2) is 7.12. The number of ether oxygens (including phenoxy) is 1. The number of amides is 1. The number of hydrogen-bond acceptors (Lipinski definition) is 4. The van der Waals surface area contributed by atoms with Gasteiger partial charge in [0.1, 0.15) is 11.3 Å². The Morgan fingerprint density at radius 3 is 2.96 bits per heavy atom. The molecule has 134 valence electrons. The van der Waals surface area contributed by atoms with Crippen molar-refractivity contribution in [3.63, 3.8) is 0 Å². The normalized spacial score (nSPS) is 21.5. The molecule has 1 unspecified atom stereocenters. The summed E-state index contributed by atoms with van der Waals surface area (Å²) in [5.41, 5.74) is 1.84. The molecule has 1 saturated heterocycles. The summed E-state index contributed by atoms with van der Waals surface area (Å²) in [6, 6.07) is 3.93. The van der Waals surface area contributed by atoms with Gasteiger partial charge in [0.05, 0.1) is 6.61 Å². The first-order valence-corrected chi connectivity index (χ1v) is 9.37. The fourth-order valence-corrected chi connectivity index (χ4v) is 4.29. The maximum atomic E-state index is 12.7. The maximum Gasteiger partial charge on any atom is 0.225 e. The van der Waals surface area contributed by atoms with Crippen molar-refractivity contribution in [1.82, 2.24) is 19.4 Å². The molecule has 0 radical (unpaired) electrons. The molecular weight excluding hydrogens is 316 g/mol.